The van der Waals surface area contributed by atoms with E-state index in [1.807, 2.05) is 11.0 Å². The maximum atomic E-state index is 13.7. The molecule has 5 rings (SSSR count). The number of para-hydroxylation sites is 1. The van der Waals surface area contributed by atoms with Crippen LogP contribution in [-0.4, -0.2) is 30.1 Å². The summed E-state index contributed by atoms with van der Waals surface area (Å²) in [4.78, 5) is 20.5. The Bertz CT molecular complexity index is 1070. The lowest BCUT2D eigenvalue weighted by atomic mass is 9.90. The van der Waals surface area contributed by atoms with Crippen molar-refractivity contribution in [1.29, 1.82) is 0 Å². The zero-order chi connectivity index (χ0) is 20.5. The first-order valence-corrected chi connectivity index (χ1v) is 12.0. The summed E-state index contributed by atoms with van der Waals surface area (Å²) in [6.45, 7) is 3.50. The van der Waals surface area contributed by atoms with Crippen LogP contribution in [0.3, 0.4) is 0 Å². The van der Waals surface area contributed by atoms with E-state index in [9.17, 15) is 4.79 Å². The standard InChI is InChI=1S/C25H28N2O2S/c1-2-17-9-5-11-22-23(17)26-25(30-22)27(16-21-10-6-14-29-21)24(28)20-13-12-18-7-3-4-8-19(18)15-20/h5,9,11-13,15,21H,2-4,6-8,10,14,16H2,1H3. The number of hydrogen-bond donors (Lipinski definition) is 0. The minimum Gasteiger partial charge on any atom is -0.376 e. The van der Waals surface area contributed by atoms with Crippen molar-refractivity contribution in [2.45, 2.75) is 58.0 Å². The fraction of sp³-hybridized carbons (Fsp3) is 0.440. The number of aryl methyl sites for hydroxylation is 3. The lowest BCUT2D eigenvalue weighted by molar-refractivity contribution is 0.0917. The van der Waals surface area contributed by atoms with Crippen LogP contribution in [-0.2, 0) is 24.0 Å². The molecule has 1 aliphatic heterocycles. The van der Waals surface area contributed by atoms with E-state index < -0.39 is 0 Å². The highest BCUT2D eigenvalue weighted by molar-refractivity contribution is 7.22. The summed E-state index contributed by atoms with van der Waals surface area (Å²) >= 11 is 1.61. The number of thiazole rings is 1. The third kappa shape index (κ3) is 3.77. The summed E-state index contributed by atoms with van der Waals surface area (Å²) in [5.74, 6) is 0.0379. The largest absolute Gasteiger partial charge is 0.376 e. The number of amides is 1. The van der Waals surface area contributed by atoms with Crippen LogP contribution in [0.15, 0.2) is 36.4 Å². The van der Waals surface area contributed by atoms with Crippen molar-refractivity contribution in [3.05, 3.63) is 58.7 Å². The summed E-state index contributed by atoms with van der Waals surface area (Å²) in [5, 5.41) is 0.782. The average molecular weight is 421 g/mol. The molecule has 1 fully saturated rings. The van der Waals surface area contributed by atoms with Gasteiger partial charge in [-0.15, -0.1) is 0 Å². The Balaban J connectivity index is 1.52. The van der Waals surface area contributed by atoms with Crippen LogP contribution in [0.5, 0.6) is 0 Å². The zero-order valence-corrected chi connectivity index (χ0v) is 18.3. The second-order valence-corrected chi connectivity index (χ2v) is 9.36. The average Bonchev–Trinajstić information content (AvgIpc) is 3.46. The predicted octanol–water partition coefficient (Wildman–Crippen LogP) is 5.56. The number of benzene rings is 2. The van der Waals surface area contributed by atoms with Crippen LogP contribution >= 0.6 is 11.3 Å². The van der Waals surface area contributed by atoms with E-state index in [1.165, 1.54) is 29.5 Å². The van der Waals surface area contributed by atoms with E-state index >= 15 is 0 Å². The van der Waals surface area contributed by atoms with Crippen LogP contribution in [0.25, 0.3) is 10.2 Å². The highest BCUT2D eigenvalue weighted by Gasteiger charge is 2.28. The molecule has 0 radical (unpaired) electrons. The Hall–Kier alpha value is -2.24. The Morgan fingerprint density at radius 1 is 1.17 bits per heavy atom. The topological polar surface area (TPSA) is 42.4 Å². The van der Waals surface area contributed by atoms with Crippen molar-refractivity contribution in [2.24, 2.45) is 0 Å². The smallest absolute Gasteiger partial charge is 0.260 e. The normalized spacial score (nSPS) is 18.5. The van der Waals surface area contributed by atoms with Gasteiger partial charge in [-0.2, -0.15) is 0 Å². The molecule has 1 saturated heterocycles. The maximum absolute atomic E-state index is 13.7. The SMILES string of the molecule is CCc1cccc2sc(N(CC3CCCO3)C(=O)c3ccc4c(c3)CCCC4)nc12. The van der Waals surface area contributed by atoms with Crippen LogP contribution < -0.4 is 4.90 Å². The van der Waals surface area contributed by atoms with Crippen LogP contribution in [0.1, 0.15) is 59.7 Å². The van der Waals surface area contributed by atoms with Gasteiger partial charge in [0.15, 0.2) is 5.13 Å². The molecule has 2 aliphatic rings. The molecule has 1 aromatic heterocycles. The van der Waals surface area contributed by atoms with Gasteiger partial charge in [-0.3, -0.25) is 9.69 Å². The van der Waals surface area contributed by atoms with Gasteiger partial charge >= 0.3 is 0 Å². The van der Waals surface area contributed by atoms with Gasteiger partial charge in [0.2, 0.25) is 0 Å². The molecule has 156 valence electrons. The molecule has 30 heavy (non-hydrogen) atoms. The van der Waals surface area contributed by atoms with Crippen molar-refractivity contribution in [3.8, 4) is 0 Å². The van der Waals surface area contributed by atoms with Gasteiger partial charge in [0, 0.05) is 12.2 Å². The van der Waals surface area contributed by atoms with Crippen LogP contribution in [0.2, 0.25) is 0 Å². The van der Waals surface area contributed by atoms with Crippen LogP contribution in [0.4, 0.5) is 5.13 Å². The first-order valence-electron chi connectivity index (χ1n) is 11.2. The number of anilines is 1. The number of ether oxygens (including phenoxy) is 1. The van der Waals surface area contributed by atoms with Gasteiger partial charge in [0.25, 0.3) is 5.91 Å². The molecule has 4 nitrogen and oxygen atoms in total. The van der Waals surface area contributed by atoms with Gasteiger partial charge in [-0.25, -0.2) is 4.98 Å². The first-order chi connectivity index (χ1) is 14.7. The Morgan fingerprint density at radius 2 is 2.03 bits per heavy atom. The molecule has 1 unspecified atom stereocenters. The summed E-state index contributed by atoms with van der Waals surface area (Å²) in [6.07, 6.45) is 7.74. The van der Waals surface area contributed by atoms with Crippen molar-refractivity contribution < 1.29 is 9.53 Å². The maximum Gasteiger partial charge on any atom is 0.260 e. The molecule has 2 heterocycles. The number of nitrogens with zero attached hydrogens (tertiary/aromatic N) is 2. The zero-order valence-electron chi connectivity index (χ0n) is 17.5. The molecular formula is C25H28N2O2S. The van der Waals surface area contributed by atoms with Crippen molar-refractivity contribution in [1.82, 2.24) is 4.98 Å². The van der Waals surface area contributed by atoms with Crippen molar-refractivity contribution >= 4 is 32.6 Å². The van der Waals surface area contributed by atoms with Gasteiger partial charge in [-0.05, 0) is 79.8 Å². The molecule has 0 N–H and O–H groups in total. The quantitative estimate of drug-likeness (QED) is 0.542. The lowest BCUT2D eigenvalue weighted by Crippen LogP contribution is -2.37. The van der Waals surface area contributed by atoms with Gasteiger partial charge in [0.1, 0.15) is 0 Å². The molecule has 3 aromatic rings. The molecular weight excluding hydrogens is 392 g/mol. The molecule has 0 saturated carbocycles. The number of hydrogen-bond acceptors (Lipinski definition) is 4. The molecule has 0 bridgehead atoms. The number of rotatable bonds is 5. The Labute approximate surface area is 181 Å². The molecule has 1 aliphatic carbocycles. The molecule has 5 heteroatoms. The summed E-state index contributed by atoms with van der Waals surface area (Å²) < 4.78 is 7.02. The summed E-state index contributed by atoms with van der Waals surface area (Å²) in [7, 11) is 0. The third-order valence-electron chi connectivity index (χ3n) is 6.35. The minimum atomic E-state index is 0.0379. The van der Waals surface area contributed by atoms with Gasteiger partial charge in [-0.1, -0.05) is 36.5 Å². The molecule has 1 atom stereocenters. The summed E-state index contributed by atoms with van der Waals surface area (Å²) in [5.41, 5.74) is 5.75. The number of aromatic nitrogens is 1. The monoisotopic (exact) mass is 420 g/mol. The highest BCUT2D eigenvalue weighted by atomic mass is 32.1. The first kappa shape index (κ1) is 19.7. The second kappa shape index (κ2) is 8.48. The molecule has 2 aromatic carbocycles. The van der Waals surface area contributed by atoms with Crippen molar-refractivity contribution in [2.75, 3.05) is 18.1 Å². The second-order valence-electron chi connectivity index (χ2n) is 8.36. The van der Waals surface area contributed by atoms with E-state index in [2.05, 4.69) is 37.3 Å². The molecule has 1 amide bonds. The third-order valence-corrected chi connectivity index (χ3v) is 7.40. The van der Waals surface area contributed by atoms with Gasteiger partial charge < -0.3 is 4.74 Å². The lowest BCUT2D eigenvalue weighted by Gasteiger charge is -2.24. The van der Waals surface area contributed by atoms with E-state index in [0.717, 1.165) is 59.6 Å². The predicted molar refractivity (Wildman–Crippen MR) is 123 cm³/mol. The number of fused-ring (bicyclic) bond motifs is 2. The van der Waals surface area contributed by atoms with E-state index in [0.29, 0.717) is 6.54 Å². The number of carbonyl (C=O) groups is 1. The minimum absolute atomic E-state index is 0.0379. The van der Waals surface area contributed by atoms with Gasteiger partial charge in [0.05, 0.1) is 22.9 Å². The molecule has 0 spiro atoms. The van der Waals surface area contributed by atoms with Crippen molar-refractivity contribution in [3.63, 3.8) is 0 Å². The Kier molecular flexibility index (Phi) is 5.57. The fourth-order valence-corrected chi connectivity index (χ4v) is 5.68. The van der Waals surface area contributed by atoms with E-state index in [1.54, 1.807) is 11.3 Å². The summed E-state index contributed by atoms with van der Waals surface area (Å²) in [6, 6.07) is 12.6. The van der Waals surface area contributed by atoms with E-state index in [-0.39, 0.29) is 12.0 Å². The number of carbonyl (C=O) groups excluding carboxylic acids is 1. The fourth-order valence-electron chi connectivity index (χ4n) is 4.66. The van der Waals surface area contributed by atoms with Crippen LogP contribution in [0, 0.1) is 0 Å². The van der Waals surface area contributed by atoms with E-state index in [4.69, 9.17) is 9.72 Å². The highest BCUT2D eigenvalue weighted by Crippen LogP contribution is 2.33. The Morgan fingerprint density at radius 3 is 2.83 bits per heavy atom.